The van der Waals surface area contributed by atoms with Crippen LogP contribution in [-0.4, -0.2) is 6.66 Å². The van der Waals surface area contributed by atoms with Crippen LogP contribution in [0.25, 0.3) is 32.9 Å². The molecule has 1 heterocycles. The second-order valence-corrected chi connectivity index (χ2v) is 13.2. The van der Waals surface area contributed by atoms with Gasteiger partial charge in [0.2, 0.25) is 5.69 Å². The Morgan fingerprint density at radius 3 is 1.75 bits per heavy atom. The van der Waals surface area contributed by atoms with Crippen LogP contribution in [-0.2, 0) is 7.05 Å². The first-order valence-corrected chi connectivity index (χ1v) is 14.7. The van der Waals surface area contributed by atoms with Gasteiger partial charge in [-0.15, -0.1) is 0 Å². The van der Waals surface area contributed by atoms with E-state index < -0.39 is 7.26 Å². The zero-order valence-electron chi connectivity index (χ0n) is 21.0. The molecule has 6 rings (SSSR count). The van der Waals surface area contributed by atoms with Gasteiger partial charge < -0.3 is 0 Å². The maximum Gasteiger partial charge on any atom is 0.256 e. The molecule has 0 N–H and O–H groups in total. The number of rotatable bonds is 4. The van der Waals surface area contributed by atoms with Gasteiger partial charge in [-0.3, -0.25) is 0 Å². The van der Waals surface area contributed by atoms with E-state index in [-0.39, 0.29) is 0 Å². The van der Waals surface area contributed by atoms with E-state index in [4.69, 9.17) is 0 Å². The summed E-state index contributed by atoms with van der Waals surface area (Å²) in [5.41, 5.74) is 5.13. The average molecular weight is 484 g/mol. The Kier molecular flexibility index (Phi) is 5.67. The lowest BCUT2D eigenvalue weighted by Gasteiger charge is -2.23. The first-order valence-electron chi connectivity index (χ1n) is 12.5. The molecule has 174 valence electrons. The van der Waals surface area contributed by atoms with Crippen molar-refractivity contribution in [3.63, 3.8) is 0 Å². The number of hydrogen-bond acceptors (Lipinski definition) is 0. The SMILES string of the molecule is Cc1cc2ccccc2cc1-c1ccc2cccc([P+](C)(c3ccccc3)c3ccccc3)c2[n+]1C. The maximum atomic E-state index is 2.47. The molecule has 0 atom stereocenters. The molecule has 6 aromatic rings. The predicted octanol–water partition coefficient (Wildman–Crippen LogP) is 6.72. The highest BCUT2D eigenvalue weighted by Crippen LogP contribution is 2.52. The number of aryl methyl sites for hydroxylation is 2. The first-order chi connectivity index (χ1) is 17.6. The minimum absolute atomic E-state index is 1.24. The van der Waals surface area contributed by atoms with Gasteiger partial charge in [0, 0.05) is 11.6 Å². The maximum absolute atomic E-state index is 2.47. The van der Waals surface area contributed by atoms with Crippen LogP contribution in [0, 0.1) is 6.92 Å². The van der Waals surface area contributed by atoms with Crippen molar-refractivity contribution in [2.24, 2.45) is 7.05 Å². The third-order valence-electron chi connectivity index (χ3n) is 7.56. The van der Waals surface area contributed by atoms with Crippen molar-refractivity contribution < 1.29 is 4.57 Å². The van der Waals surface area contributed by atoms with Gasteiger partial charge in [-0.2, -0.15) is 4.57 Å². The van der Waals surface area contributed by atoms with E-state index >= 15 is 0 Å². The van der Waals surface area contributed by atoms with Crippen LogP contribution in [0.2, 0.25) is 0 Å². The molecule has 36 heavy (non-hydrogen) atoms. The molecule has 1 aromatic heterocycles. The van der Waals surface area contributed by atoms with Gasteiger partial charge in [0.05, 0.1) is 12.1 Å². The number of para-hydroxylation sites is 1. The molecule has 0 fully saturated rings. The van der Waals surface area contributed by atoms with Crippen LogP contribution in [0.4, 0.5) is 0 Å². The smallest absolute Gasteiger partial charge is 0.191 e. The molecule has 5 aromatic carbocycles. The molecule has 0 saturated heterocycles. The number of benzene rings is 5. The van der Waals surface area contributed by atoms with Gasteiger partial charge in [0.25, 0.3) is 5.52 Å². The molecule has 0 aliphatic rings. The van der Waals surface area contributed by atoms with Gasteiger partial charge in [-0.25, -0.2) is 0 Å². The summed E-state index contributed by atoms with van der Waals surface area (Å²) in [4.78, 5) is 0. The molecule has 0 unspecified atom stereocenters. The largest absolute Gasteiger partial charge is 0.256 e. The fraction of sp³-hybridized carbons (Fsp3) is 0.0882. The lowest BCUT2D eigenvalue weighted by Crippen LogP contribution is -2.40. The highest BCUT2D eigenvalue weighted by Gasteiger charge is 2.44. The molecule has 0 amide bonds. The number of hydrogen-bond donors (Lipinski definition) is 0. The Hall–Kier alpha value is -3.80. The highest BCUT2D eigenvalue weighted by molar-refractivity contribution is 7.95. The molecular formula is C34H30NP+2. The molecule has 0 bridgehead atoms. The Bertz CT molecular complexity index is 1670. The minimum Gasteiger partial charge on any atom is -0.191 e. The second kappa shape index (κ2) is 9.01. The van der Waals surface area contributed by atoms with E-state index in [1.807, 2.05) is 0 Å². The molecule has 2 heteroatoms. The van der Waals surface area contributed by atoms with E-state index in [1.54, 1.807) is 0 Å². The molecule has 1 nitrogen and oxygen atoms in total. The lowest BCUT2D eigenvalue weighted by molar-refractivity contribution is -0.633. The standard InChI is InChI=1S/C34H30NP/c1-25-23-27-13-10-11-14-28(27)24-31(25)32-22-21-26-15-12-20-33(34(26)35(32)2)36(3,29-16-6-4-7-17-29)30-18-8-5-9-19-30/h4-24H,1-3H3/q+2. The van der Waals surface area contributed by atoms with Crippen molar-refractivity contribution in [3.8, 4) is 11.3 Å². The fourth-order valence-corrected chi connectivity index (χ4v) is 9.07. The first kappa shape index (κ1) is 22.7. The molecule has 0 radical (unpaired) electrons. The number of pyridine rings is 1. The van der Waals surface area contributed by atoms with Gasteiger partial charge in [0.1, 0.15) is 24.9 Å². The summed E-state index contributed by atoms with van der Waals surface area (Å²) in [6.45, 7) is 4.70. The summed E-state index contributed by atoms with van der Waals surface area (Å²) < 4.78 is 2.42. The summed E-state index contributed by atoms with van der Waals surface area (Å²) in [6, 6.07) is 46.8. The topological polar surface area (TPSA) is 3.88 Å². The van der Waals surface area contributed by atoms with E-state index in [0.717, 1.165) is 0 Å². The molecule has 0 aliphatic carbocycles. The Labute approximate surface area is 214 Å². The van der Waals surface area contributed by atoms with Gasteiger partial charge >= 0.3 is 0 Å². The van der Waals surface area contributed by atoms with E-state index in [1.165, 1.54) is 54.4 Å². The number of aromatic nitrogens is 1. The zero-order valence-corrected chi connectivity index (χ0v) is 21.9. The van der Waals surface area contributed by atoms with Crippen molar-refractivity contribution in [2.75, 3.05) is 6.66 Å². The van der Waals surface area contributed by atoms with Crippen LogP contribution >= 0.6 is 7.26 Å². The van der Waals surface area contributed by atoms with Crippen LogP contribution in [0.1, 0.15) is 5.56 Å². The minimum atomic E-state index is -1.88. The lowest BCUT2D eigenvalue weighted by atomic mass is 9.98. The molecule has 0 spiro atoms. The molecule has 0 aliphatic heterocycles. The quantitative estimate of drug-likeness (QED) is 0.194. The van der Waals surface area contributed by atoms with Crippen molar-refractivity contribution in [1.82, 2.24) is 0 Å². The second-order valence-electron chi connectivity index (χ2n) is 9.68. The van der Waals surface area contributed by atoms with Crippen molar-refractivity contribution in [2.45, 2.75) is 6.92 Å². The summed E-state index contributed by atoms with van der Waals surface area (Å²) in [5, 5.41) is 8.05. The van der Waals surface area contributed by atoms with E-state index in [9.17, 15) is 0 Å². The van der Waals surface area contributed by atoms with Crippen molar-refractivity contribution in [3.05, 3.63) is 133 Å². The van der Waals surface area contributed by atoms with Crippen LogP contribution < -0.4 is 20.5 Å². The Morgan fingerprint density at radius 1 is 0.556 bits per heavy atom. The monoisotopic (exact) mass is 483 g/mol. The third kappa shape index (κ3) is 3.63. The summed E-state index contributed by atoms with van der Waals surface area (Å²) >= 11 is 0. The Morgan fingerprint density at radius 2 is 1.11 bits per heavy atom. The normalized spacial score (nSPS) is 11.8. The van der Waals surface area contributed by atoms with Crippen LogP contribution in [0.3, 0.4) is 0 Å². The Balaban J connectivity index is 1.66. The van der Waals surface area contributed by atoms with Gasteiger partial charge in [-0.1, -0.05) is 72.8 Å². The predicted molar refractivity (Wildman–Crippen MR) is 157 cm³/mol. The third-order valence-corrected chi connectivity index (χ3v) is 11.5. The van der Waals surface area contributed by atoms with Crippen molar-refractivity contribution in [1.29, 1.82) is 0 Å². The van der Waals surface area contributed by atoms with Gasteiger partial charge in [0.15, 0.2) is 5.30 Å². The van der Waals surface area contributed by atoms with Crippen LogP contribution in [0.5, 0.6) is 0 Å². The zero-order chi connectivity index (χ0) is 24.7. The van der Waals surface area contributed by atoms with Gasteiger partial charge in [-0.05, 0) is 71.8 Å². The number of fused-ring (bicyclic) bond motifs is 2. The number of nitrogens with zero attached hydrogens (tertiary/aromatic N) is 1. The summed E-state index contributed by atoms with van der Waals surface area (Å²) in [7, 11) is 0.350. The van der Waals surface area contributed by atoms with Crippen molar-refractivity contribution >= 4 is 44.9 Å². The molecular weight excluding hydrogens is 453 g/mol. The highest BCUT2D eigenvalue weighted by atomic mass is 31.2. The fourth-order valence-electron chi connectivity index (χ4n) is 5.59. The average Bonchev–Trinajstić information content (AvgIpc) is 2.93. The summed E-state index contributed by atoms with van der Waals surface area (Å²) in [6.07, 6.45) is 0. The van der Waals surface area contributed by atoms with Crippen LogP contribution in [0.15, 0.2) is 127 Å². The van der Waals surface area contributed by atoms with E-state index in [0.29, 0.717) is 0 Å². The van der Waals surface area contributed by atoms with E-state index in [2.05, 4.69) is 153 Å². The summed E-state index contributed by atoms with van der Waals surface area (Å²) in [5.74, 6) is 0. The molecule has 0 saturated carbocycles.